The van der Waals surface area contributed by atoms with Crippen molar-refractivity contribution in [2.45, 2.75) is 11.3 Å². The van der Waals surface area contributed by atoms with Crippen LogP contribution in [0.25, 0.3) is 9.88 Å². The number of carbonyl (C=O) groups excluding carboxylic acids is 1. The molecule has 0 radical (unpaired) electrons. The highest BCUT2D eigenvalue weighted by molar-refractivity contribution is 7.98. The van der Waals surface area contributed by atoms with Crippen molar-refractivity contribution in [1.82, 2.24) is 4.98 Å². The predicted molar refractivity (Wildman–Crippen MR) is 96.0 cm³/mol. The van der Waals surface area contributed by atoms with Gasteiger partial charge in [-0.1, -0.05) is 12.1 Å². The summed E-state index contributed by atoms with van der Waals surface area (Å²) in [5, 5.41) is 7.88. The van der Waals surface area contributed by atoms with Crippen LogP contribution >= 0.6 is 34.4 Å². The van der Waals surface area contributed by atoms with Crippen LogP contribution in [0.2, 0.25) is 0 Å². The zero-order valence-corrected chi connectivity index (χ0v) is 14.4. The number of amides is 1. The fourth-order valence-electron chi connectivity index (χ4n) is 1.97. The van der Waals surface area contributed by atoms with E-state index in [-0.39, 0.29) is 5.91 Å². The summed E-state index contributed by atoms with van der Waals surface area (Å²) in [6.07, 6.45) is 2.31. The molecule has 0 unspecified atom stereocenters. The molecule has 112 valence electrons. The highest BCUT2D eigenvalue weighted by Gasteiger charge is 2.10. The first-order valence-corrected chi connectivity index (χ1v) is 9.65. The fraction of sp³-hybridized carbons (Fsp3) is 0.125. The number of benzene rings is 1. The van der Waals surface area contributed by atoms with Crippen LogP contribution in [0.3, 0.4) is 0 Å². The van der Waals surface area contributed by atoms with Crippen LogP contribution in [0.4, 0.5) is 5.69 Å². The maximum Gasteiger partial charge on any atom is 0.230 e. The van der Waals surface area contributed by atoms with Gasteiger partial charge >= 0.3 is 0 Å². The lowest BCUT2D eigenvalue weighted by molar-refractivity contribution is -0.115. The van der Waals surface area contributed by atoms with E-state index in [0.717, 1.165) is 26.2 Å². The number of anilines is 1. The molecule has 0 atom stereocenters. The van der Waals surface area contributed by atoms with Gasteiger partial charge in [0.1, 0.15) is 5.01 Å². The normalized spacial score (nSPS) is 10.6. The smallest absolute Gasteiger partial charge is 0.230 e. The summed E-state index contributed by atoms with van der Waals surface area (Å²) in [6, 6.07) is 11.9. The Hall–Kier alpha value is -1.63. The third-order valence-corrected chi connectivity index (χ3v) is 5.63. The van der Waals surface area contributed by atoms with E-state index in [0.29, 0.717) is 6.42 Å². The standard InChI is InChI=1S/C16H14N2OS3/c1-20-13-5-2-4-11(8-13)17-15(19)9-12-10-22-16(18-12)14-6-3-7-21-14/h2-8,10H,9H2,1H3,(H,17,19). The second-order valence-electron chi connectivity index (χ2n) is 4.58. The molecule has 0 fully saturated rings. The molecular formula is C16H14N2OS3. The predicted octanol–water partition coefficient (Wildman–Crippen LogP) is 4.77. The van der Waals surface area contributed by atoms with Crippen molar-refractivity contribution in [3.8, 4) is 9.88 Å². The van der Waals surface area contributed by atoms with Gasteiger partial charge in [0, 0.05) is 16.0 Å². The Morgan fingerprint density at radius 2 is 2.18 bits per heavy atom. The quantitative estimate of drug-likeness (QED) is 0.676. The molecule has 0 aliphatic heterocycles. The second-order valence-corrected chi connectivity index (χ2v) is 7.26. The molecule has 22 heavy (non-hydrogen) atoms. The Morgan fingerprint density at radius 1 is 1.27 bits per heavy atom. The molecule has 0 bridgehead atoms. The van der Waals surface area contributed by atoms with Gasteiger partial charge in [-0.25, -0.2) is 4.98 Å². The number of rotatable bonds is 5. The first-order chi connectivity index (χ1) is 10.7. The molecule has 0 aliphatic rings. The Balaban J connectivity index is 1.64. The average Bonchev–Trinajstić information content (AvgIpc) is 3.18. The summed E-state index contributed by atoms with van der Waals surface area (Å²) in [5.74, 6) is -0.0405. The van der Waals surface area contributed by atoms with Crippen molar-refractivity contribution in [3.05, 3.63) is 52.9 Å². The molecule has 2 heterocycles. The molecule has 1 N–H and O–H groups in total. The number of hydrogen-bond donors (Lipinski definition) is 1. The van der Waals surface area contributed by atoms with Gasteiger partial charge in [0.15, 0.2) is 0 Å². The molecule has 6 heteroatoms. The number of thiazole rings is 1. The van der Waals surface area contributed by atoms with Gasteiger partial charge in [-0.15, -0.1) is 34.4 Å². The molecule has 0 spiro atoms. The minimum Gasteiger partial charge on any atom is -0.326 e. The topological polar surface area (TPSA) is 42.0 Å². The first kappa shape index (κ1) is 15.3. The van der Waals surface area contributed by atoms with Gasteiger partial charge < -0.3 is 5.32 Å². The molecule has 2 aromatic heterocycles. The molecule has 3 aromatic rings. The van der Waals surface area contributed by atoms with Crippen LogP contribution in [-0.2, 0) is 11.2 Å². The van der Waals surface area contributed by atoms with Crippen LogP contribution in [0.1, 0.15) is 5.69 Å². The molecule has 3 nitrogen and oxygen atoms in total. The summed E-state index contributed by atoms with van der Waals surface area (Å²) in [6.45, 7) is 0. The number of aromatic nitrogens is 1. The first-order valence-electron chi connectivity index (χ1n) is 6.67. The second kappa shape index (κ2) is 7.09. The number of nitrogens with zero attached hydrogens (tertiary/aromatic N) is 1. The molecule has 3 rings (SSSR count). The van der Waals surface area contributed by atoms with E-state index in [9.17, 15) is 4.79 Å². The highest BCUT2D eigenvalue weighted by Crippen LogP contribution is 2.28. The van der Waals surface area contributed by atoms with Crippen molar-refractivity contribution in [3.63, 3.8) is 0 Å². The van der Waals surface area contributed by atoms with Crippen molar-refractivity contribution >= 4 is 46.0 Å². The Morgan fingerprint density at radius 3 is 2.95 bits per heavy atom. The summed E-state index contributed by atoms with van der Waals surface area (Å²) >= 11 is 4.89. The molecule has 0 saturated heterocycles. The molecule has 0 aliphatic carbocycles. The van der Waals surface area contributed by atoms with E-state index >= 15 is 0 Å². The maximum absolute atomic E-state index is 12.1. The minimum atomic E-state index is -0.0405. The van der Waals surface area contributed by atoms with Crippen molar-refractivity contribution in [2.24, 2.45) is 0 Å². The van der Waals surface area contributed by atoms with Gasteiger partial charge in [0.05, 0.1) is 17.0 Å². The van der Waals surface area contributed by atoms with Gasteiger partial charge in [0.2, 0.25) is 5.91 Å². The van der Waals surface area contributed by atoms with E-state index < -0.39 is 0 Å². The lowest BCUT2D eigenvalue weighted by Gasteiger charge is -2.05. The average molecular weight is 347 g/mol. The molecule has 1 aromatic carbocycles. The summed E-state index contributed by atoms with van der Waals surface area (Å²) < 4.78 is 0. The van der Waals surface area contributed by atoms with Crippen LogP contribution < -0.4 is 5.32 Å². The van der Waals surface area contributed by atoms with Gasteiger partial charge in [-0.2, -0.15) is 0 Å². The van der Waals surface area contributed by atoms with Gasteiger partial charge in [-0.3, -0.25) is 4.79 Å². The van der Waals surface area contributed by atoms with E-state index in [4.69, 9.17) is 0 Å². The third kappa shape index (κ3) is 3.76. The van der Waals surface area contributed by atoms with E-state index in [1.165, 1.54) is 0 Å². The van der Waals surface area contributed by atoms with Gasteiger partial charge in [-0.05, 0) is 35.9 Å². The highest BCUT2D eigenvalue weighted by atomic mass is 32.2. The zero-order chi connectivity index (χ0) is 15.4. The molecule has 1 amide bonds. The zero-order valence-electron chi connectivity index (χ0n) is 11.9. The van der Waals surface area contributed by atoms with Crippen LogP contribution in [-0.4, -0.2) is 17.1 Å². The third-order valence-electron chi connectivity index (χ3n) is 2.98. The van der Waals surface area contributed by atoms with Crippen molar-refractivity contribution in [1.29, 1.82) is 0 Å². The number of hydrogen-bond acceptors (Lipinski definition) is 5. The minimum absolute atomic E-state index is 0.0405. The monoisotopic (exact) mass is 346 g/mol. The summed E-state index contributed by atoms with van der Waals surface area (Å²) in [4.78, 5) is 18.9. The lowest BCUT2D eigenvalue weighted by atomic mass is 10.3. The number of thiophene rings is 1. The van der Waals surface area contributed by atoms with Crippen molar-refractivity contribution in [2.75, 3.05) is 11.6 Å². The Kier molecular flexibility index (Phi) is 4.92. The molecular weight excluding hydrogens is 332 g/mol. The summed E-state index contributed by atoms with van der Waals surface area (Å²) in [7, 11) is 0. The Labute approximate surface area is 141 Å². The van der Waals surface area contributed by atoms with Crippen LogP contribution in [0.15, 0.2) is 52.1 Å². The van der Waals surface area contributed by atoms with Crippen molar-refractivity contribution < 1.29 is 4.79 Å². The fourth-order valence-corrected chi connectivity index (χ4v) is 4.07. The largest absolute Gasteiger partial charge is 0.326 e. The SMILES string of the molecule is CSc1cccc(NC(=O)Cc2csc(-c3cccs3)n2)c1. The maximum atomic E-state index is 12.1. The molecule has 0 saturated carbocycles. The van der Waals surface area contributed by atoms with E-state index in [1.54, 1.807) is 34.4 Å². The van der Waals surface area contributed by atoms with E-state index in [2.05, 4.69) is 10.3 Å². The Bertz CT molecular complexity index is 765. The summed E-state index contributed by atoms with van der Waals surface area (Å²) in [5.41, 5.74) is 1.64. The van der Waals surface area contributed by atoms with E-state index in [1.807, 2.05) is 53.4 Å². The lowest BCUT2D eigenvalue weighted by Crippen LogP contribution is -2.14. The number of nitrogens with one attached hydrogen (secondary N) is 1. The van der Waals surface area contributed by atoms with Crippen LogP contribution in [0, 0.1) is 0 Å². The number of thioether (sulfide) groups is 1. The van der Waals surface area contributed by atoms with Gasteiger partial charge in [0.25, 0.3) is 0 Å². The number of carbonyl (C=O) groups is 1. The van der Waals surface area contributed by atoms with Crippen LogP contribution in [0.5, 0.6) is 0 Å².